The molecule has 319 valence electrons. The molecule has 5 nitrogen and oxygen atoms in total. The van der Waals surface area contributed by atoms with Gasteiger partial charge >= 0.3 is 0 Å². The molecule has 64 heavy (non-hydrogen) atoms. The van der Waals surface area contributed by atoms with Gasteiger partial charge in [0.25, 0.3) is 0 Å². The van der Waals surface area contributed by atoms with Crippen molar-refractivity contribution in [2.24, 2.45) is 0 Å². The van der Waals surface area contributed by atoms with Crippen LogP contribution in [0.3, 0.4) is 0 Å². The SMILES string of the molecule is CC(C)c1cc(-c2ccccc2)cc(C(C)C)c1-n1c(-c2[c-]ccc3c2oc2cc4oc5ccccc5c4cc23)nc2ccccc21.C[Si](C)(C)c1ccc(-c2[c-]cccc2)nc1.[Ir]. The molecule has 7 aromatic carbocycles. The molecule has 0 spiro atoms. The first-order valence-corrected chi connectivity index (χ1v) is 25.4. The molecule has 4 aromatic heterocycles. The molecule has 0 N–H and O–H groups in total. The van der Waals surface area contributed by atoms with Crippen LogP contribution in [0, 0.1) is 12.1 Å². The van der Waals surface area contributed by atoms with Crippen molar-refractivity contribution in [3.63, 3.8) is 0 Å². The summed E-state index contributed by atoms with van der Waals surface area (Å²) in [6.45, 7) is 16.1. The zero-order valence-corrected chi connectivity index (χ0v) is 40.6. The molecular weight excluding hydrogens is 979 g/mol. The molecule has 11 aromatic rings. The second-order valence-corrected chi connectivity index (χ2v) is 23.1. The van der Waals surface area contributed by atoms with Crippen molar-refractivity contribution >= 4 is 68.2 Å². The molecule has 0 unspecified atom stereocenters. The third kappa shape index (κ3) is 7.83. The van der Waals surface area contributed by atoms with Gasteiger partial charge in [-0.1, -0.05) is 131 Å². The van der Waals surface area contributed by atoms with E-state index in [1.54, 1.807) is 0 Å². The molecule has 0 aliphatic rings. The zero-order chi connectivity index (χ0) is 43.4. The third-order valence-corrected chi connectivity index (χ3v) is 14.1. The second kappa shape index (κ2) is 17.3. The summed E-state index contributed by atoms with van der Waals surface area (Å²) in [6, 6.07) is 59.3. The average molecular weight is 1030 g/mol. The largest absolute Gasteiger partial charge is 0.500 e. The first-order chi connectivity index (χ1) is 30.5. The topological polar surface area (TPSA) is 57.0 Å². The van der Waals surface area contributed by atoms with E-state index in [-0.39, 0.29) is 31.9 Å². The van der Waals surface area contributed by atoms with E-state index in [2.05, 4.69) is 172 Å². The number of furan rings is 2. The van der Waals surface area contributed by atoms with Gasteiger partial charge in [0, 0.05) is 54.2 Å². The summed E-state index contributed by atoms with van der Waals surface area (Å²) < 4.78 is 15.3. The summed E-state index contributed by atoms with van der Waals surface area (Å²) in [5.74, 6) is 1.37. The normalized spacial score (nSPS) is 11.8. The van der Waals surface area contributed by atoms with E-state index in [4.69, 9.17) is 13.8 Å². The molecule has 0 bridgehead atoms. The van der Waals surface area contributed by atoms with Crippen molar-refractivity contribution < 1.29 is 28.9 Å². The third-order valence-electron chi connectivity index (χ3n) is 12.1. The maximum Gasteiger partial charge on any atom is 0.139 e. The summed E-state index contributed by atoms with van der Waals surface area (Å²) in [7, 11) is -1.23. The van der Waals surface area contributed by atoms with E-state index >= 15 is 0 Å². The molecule has 0 amide bonds. The Morgan fingerprint density at radius 3 is 1.97 bits per heavy atom. The van der Waals surface area contributed by atoms with Crippen molar-refractivity contribution in [2.45, 2.75) is 59.2 Å². The summed E-state index contributed by atoms with van der Waals surface area (Å²) >= 11 is 0. The Morgan fingerprint density at radius 1 is 0.578 bits per heavy atom. The monoisotopic (exact) mass is 1030 g/mol. The summed E-state index contributed by atoms with van der Waals surface area (Å²) in [5, 5.41) is 5.66. The molecule has 0 saturated carbocycles. The number of aromatic nitrogens is 3. The van der Waals surface area contributed by atoms with Crippen LogP contribution in [0.1, 0.15) is 50.7 Å². The molecule has 0 aliphatic heterocycles. The number of pyridine rings is 1. The molecule has 11 rings (SSSR count). The Bertz CT molecular complexity index is 3400. The molecule has 1 radical (unpaired) electrons. The van der Waals surface area contributed by atoms with Gasteiger partial charge in [0.15, 0.2) is 0 Å². The van der Waals surface area contributed by atoms with Gasteiger partial charge in [0.1, 0.15) is 16.7 Å². The zero-order valence-electron chi connectivity index (χ0n) is 37.2. The van der Waals surface area contributed by atoms with Gasteiger partial charge in [-0.15, -0.1) is 54.1 Å². The van der Waals surface area contributed by atoms with Crippen molar-refractivity contribution in [1.82, 2.24) is 14.5 Å². The quantitative estimate of drug-likeness (QED) is 0.118. The predicted molar refractivity (Wildman–Crippen MR) is 265 cm³/mol. The van der Waals surface area contributed by atoms with E-state index < -0.39 is 8.07 Å². The minimum absolute atomic E-state index is 0. The van der Waals surface area contributed by atoms with Crippen LogP contribution in [0.15, 0.2) is 167 Å². The summed E-state index contributed by atoms with van der Waals surface area (Å²) in [6.07, 6.45) is 2.02. The number of benzene rings is 7. The van der Waals surface area contributed by atoms with Gasteiger partial charge in [-0.05, 0) is 81.4 Å². The Morgan fingerprint density at radius 2 is 1.27 bits per heavy atom. The second-order valence-electron chi connectivity index (χ2n) is 18.0. The first kappa shape index (κ1) is 42.9. The Hall–Kier alpha value is -6.37. The van der Waals surface area contributed by atoms with Crippen LogP contribution in [-0.4, -0.2) is 22.6 Å². The van der Waals surface area contributed by atoms with Crippen LogP contribution < -0.4 is 5.19 Å². The van der Waals surface area contributed by atoms with E-state index in [0.717, 1.165) is 77.6 Å². The van der Waals surface area contributed by atoms with Crippen LogP contribution >= 0.6 is 0 Å². The van der Waals surface area contributed by atoms with Crippen LogP contribution in [0.25, 0.3) is 94.4 Å². The molecule has 0 atom stereocenters. The van der Waals surface area contributed by atoms with Crippen LogP contribution in [0.2, 0.25) is 19.6 Å². The summed E-state index contributed by atoms with van der Waals surface area (Å²) in [4.78, 5) is 9.82. The smallest absolute Gasteiger partial charge is 0.139 e. The van der Waals surface area contributed by atoms with E-state index in [0.29, 0.717) is 0 Å². The molecule has 0 aliphatic carbocycles. The molecular formula is C57H49IrN3O2Si-2. The number of fused-ring (bicyclic) bond motifs is 7. The molecule has 4 heterocycles. The maximum atomic E-state index is 6.72. The van der Waals surface area contributed by atoms with Crippen molar-refractivity contribution in [2.75, 3.05) is 0 Å². The van der Waals surface area contributed by atoms with Gasteiger partial charge in [-0.2, -0.15) is 0 Å². The molecule has 0 saturated heterocycles. The molecule has 0 fully saturated rings. The van der Waals surface area contributed by atoms with Crippen molar-refractivity contribution in [3.8, 4) is 39.5 Å². The predicted octanol–water partition coefficient (Wildman–Crippen LogP) is 15.3. The number of nitrogens with zero attached hydrogens (tertiary/aromatic N) is 3. The minimum Gasteiger partial charge on any atom is -0.500 e. The molecule has 7 heteroatoms. The Labute approximate surface area is 389 Å². The fraction of sp³-hybridized carbons (Fsp3) is 0.158. The number of rotatable bonds is 7. The Kier molecular flexibility index (Phi) is 11.6. The van der Waals surface area contributed by atoms with Gasteiger partial charge in [0.05, 0.1) is 30.5 Å². The van der Waals surface area contributed by atoms with Crippen molar-refractivity contribution in [1.29, 1.82) is 0 Å². The number of hydrogen-bond acceptors (Lipinski definition) is 4. The van der Waals surface area contributed by atoms with E-state index in [9.17, 15) is 0 Å². The van der Waals surface area contributed by atoms with Crippen LogP contribution in [0.4, 0.5) is 0 Å². The van der Waals surface area contributed by atoms with Crippen LogP contribution in [-0.2, 0) is 20.1 Å². The van der Waals surface area contributed by atoms with Gasteiger partial charge in [0.2, 0.25) is 0 Å². The fourth-order valence-corrected chi connectivity index (χ4v) is 9.75. The standard InChI is InChI=1S/C43H33N2O2.C14H16NSi.Ir/c1-25(2)32-21-28(27-13-6-5-7-14-27)22-33(26(3)4)41(32)45-37-19-10-9-18-36(37)44-43(45)31-17-12-16-30-35-23-34-29-15-8-11-20-38(29)46-39(34)24-40(35)47-42(30)31;1-16(2,3)13-9-10-14(15-11-13)12-7-5-4-6-8-12;/h5-16,18-26H,1-4H3;4-7,9-11H,1-3H3;/q2*-1;. The number of hydrogen-bond donors (Lipinski definition) is 0. The van der Waals surface area contributed by atoms with Gasteiger partial charge in [-0.3, -0.25) is 4.98 Å². The summed E-state index contributed by atoms with van der Waals surface area (Å²) in [5.41, 5.74) is 14.3. The average Bonchev–Trinajstić information content (AvgIpc) is 3.99. The first-order valence-electron chi connectivity index (χ1n) is 21.9. The van der Waals surface area contributed by atoms with E-state index in [1.807, 2.05) is 54.7 Å². The van der Waals surface area contributed by atoms with E-state index in [1.165, 1.54) is 33.1 Å². The van der Waals surface area contributed by atoms with Crippen molar-refractivity contribution in [3.05, 3.63) is 181 Å². The van der Waals surface area contributed by atoms with Crippen LogP contribution in [0.5, 0.6) is 0 Å². The maximum absolute atomic E-state index is 6.72. The Balaban J connectivity index is 0.000000258. The van der Waals surface area contributed by atoms with Gasteiger partial charge < -0.3 is 18.4 Å². The fourth-order valence-electron chi connectivity index (χ4n) is 8.71. The number of para-hydroxylation sites is 3. The van der Waals surface area contributed by atoms with Gasteiger partial charge in [-0.25, -0.2) is 0 Å². The number of imidazole rings is 1. The minimum atomic E-state index is -1.23.